The molecule has 1 atom stereocenters. The molecule has 0 aliphatic carbocycles. The maximum Gasteiger partial charge on any atom is 0.273 e. The Labute approximate surface area is 119 Å². The summed E-state index contributed by atoms with van der Waals surface area (Å²) in [5, 5.41) is 9.97. The van der Waals surface area contributed by atoms with Crippen LogP contribution in [0.2, 0.25) is 0 Å². The summed E-state index contributed by atoms with van der Waals surface area (Å²) in [4.78, 5) is 12.0. The van der Waals surface area contributed by atoms with E-state index in [4.69, 9.17) is 5.73 Å². The van der Waals surface area contributed by atoms with Crippen molar-refractivity contribution in [3.8, 4) is 0 Å². The van der Waals surface area contributed by atoms with E-state index in [-0.39, 0.29) is 11.3 Å². The molecule has 0 bridgehead atoms. The molecule has 21 heavy (non-hydrogen) atoms. The van der Waals surface area contributed by atoms with Gasteiger partial charge in [0.05, 0.1) is 18.8 Å². The number of carbonyl (C=O) groups is 1. The van der Waals surface area contributed by atoms with E-state index in [1.54, 1.807) is 6.92 Å². The number of amides is 1. The SMILES string of the molecule is CC(NC(=O)c1cn(CCN)nn1)c1cc(F)ccc1F. The third-order valence-electron chi connectivity index (χ3n) is 2.90. The lowest BCUT2D eigenvalue weighted by Gasteiger charge is -2.14. The summed E-state index contributed by atoms with van der Waals surface area (Å²) in [7, 11) is 0. The molecule has 0 aliphatic heterocycles. The number of aromatic nitrogens is 3. The molecule has 1 aromatic heterocycles. The average molecular weight is 295 g/mol. The van der Waals surface area contributed by atoms with Gasteiger partial charge in [0.25, 0.3) is 5.91 Å². The van der Waals surface area contributed by atoms with Crippen molar-refractivity contribution in [3.05, 3.63) is 47.3 Å². The number of hydrogen-bond donors (Lipinski definition) is 2. The molecule has 112 valence electrons. The van der Waals surface area contributed by atoms with E-state index < -0.39 is 23.6 Å². The maximum atomic E-state index is 13.6. The second-order valence-corrected chi connectivity index (χ2v) is 4.52. The van der Waals surface area contributed by atoms with E-state index in [1.165, 1.54) is 10.9 Å². The van der Waals surface area contributed by atoms with Crippen molar-refractivity contribution in [3.63, 3.8) is 0 Å². The van der Waals surface area contributed by atoms with Gasteiger partial charge in [-0.15, -0.1) is 5.10 Å². The van der Waals surface area contributed by atoms with Gasteiger partial charge < -0.3 is 11.1 Å². The Kier molecular flexibility index (Phi) is 4.59. The lowest BCUT2D eigenvalue weighted by molar-refractivity contribution is 0.0934. The number of halogens is 2. The Balaban J connectivity index is 2.09. The van der Waals surface area contributed by atoms with Crippen LogP contribution in [0.25, 0.3) is 0 Å². The van der Waals surface area contributed by atoms with Gasteiger partial charge in [0.2, 0.25) is 0 Å². The van der Waals surface area contributed by atoms with Crippen LogP contribution in [0.15, 0.2) is 24.4 Å². The van der Waals surface area contributed by atoms with E-state index in [9.17, 15) is 13.6 Å². The van der Waals surface area contributed by atoms with Crippen LogP contribution in [-0.4, -0.2) is 27.4 Å². The van der Waals surface area contributed by atoms with Crippen molar-refractivity contribution in [2.45, 2.75) is 19.5 Å². The molecule has 1 amide bonds. The minimum Gasteiger partial charge on any atom is -0.344 e. The molecule has 0 aliphatic rings. The Morgan fingerprint density at radius 1 is 1.48 bits per heavy atom. The fourth-order valence-electron chi connectivity index (χ4n) is 1.84. The highest BCUT2D eigenvalue weighted by atomic mass is 19.1. The van der Waals surface area contributed by atoms with E-state index in [0.29, 0.717) is 13.1 Å². The summed E-state index contributed by atoms with van der Waals surface area (Å²) in [6.07, 6.45) is 1.44. The smallest absolute Gasteiger partial charge is 0.273 e. The molecule has 1 aromatic carbocycles. The Morgan fingerprint density at radius 2 is 2.24 bits per heavy atom. The normalized spacial score (nSPS) is 12.2. The second-order valence-electron chi connectivity index (χ2n) is 4.52. The first-order valence-electron chi connectivity index (χ1n) is 6.37. The summed E-state index contributed by atoms with van der Waals surface area (Å²) in [6, 6.07) is 2.38. The minimum atomic E-state index is -0.701. The van der Waals surface area contributed by atoms with Gasteiger partial charge in [-0.05, 0) is 25.1 Å². The zero-order valence-electron chi connectivity index (χ0n) is 11.4. The summed E-state index contributed by atoms with van der Waals surface area (Å²) in [5.41, 5.74) is 5.52. The molecule has 0 saturated heterocycles. The molecule has 6 nitrogen and oxygen atoms in total. The number of benzene rings is 1. The van der Waals surface area contributed by atoms with E-state index in [0.717, 1.165) is 18.2 Å². The quantitative estimate of drug-likeness (QED) is 0.862. The number of carbonyl (C=O) groups excluding carboxylic acids is 1. The van der Waals surface area contributed by atoms with Crippen molar-refractivity contribution in [2.75, 3.05) is 6.54 Å². The maximum absolute atomic E-state index is 13.6. The van der Waals surface area contributed by atoms with E-state index in [2.05, 4.69) is 15.6 Å². The number of rotatable bonds is 5. The molecule has 2 aromatic rings. The van der Waals surface area contributed by atoms with Gasteiger partial charge in [-0.25, -0.2) is 8.78 Å². The van der Waals surface area contributed by atoms with Crippen LogP contribution in [0.5, 0.6) is 0 Å². The van der Waals surface area contributed by atoms with Gasteiger partial charge in [-0.1, -0.05) is 5.21 Å². The number of hydrogen-bond acceptors (Lipinski definition) is 4. The lowest BCUT2D eigenvalue weighted by atomic mass is 10.1. The van der Waals surface area contributed by atoms with Crippen LogP contribution in [0.4, 0.5) is 8.78 Å². The first-order valence-corrected chi connectivity index (χ1v) is 6.37. The largest absolute Gasteiger partial charge is 0.344 e. The highest BCUT2D eigenvalue weighted by Crippen LogP contribution is 2.18. The Morgan fingerprint density at radius 3 is 2.95 bits per heavy atom. The van der Waals surface area contributed by atoms with Crippen LogP contribution in [0.3, 0.4) is 0 Å². The lowest BCUT2D eigenvalue weighted by Crippen LogP contribution is -2.27. The fraction of sp³-hybridized carbons (Fsp3) is 0.308. The zero-order valence-corrected chi connectivity index (χ0v) is 11.4. The molecule has 3 N–H and O–H groups in total. The Hall–Kier alpha value is -2.35. The van der Waals surface area contributed by atoms with Crippen LogP contribution < -0.4 is 11.1 Å². The van der Waals surface area contributed by atoms with Crippen molar-refractivity contribution in [2.24, 2.45) is 5.73 Å². The van der Waals surface area contributed by atoms with Gasteiger partial charge >= 0.3 is 0 Å². The van der Waals surface area contributed by atoms with Gasteiger partial charge in [0, 0.05) is 12.1 Å². The van der Waals surface area contributed by atoms with Crippen LogP contribution in [0, 0.1) is 11.6 Å². The predicted molar refractivity (Wildman–Crippen MR) is 71.3 cm³/mol. The highest BCUT2D eigenvalue weighted by molar-refractivity contribution is 5.92. The number of nitrogens with two attached hydrogens (primary N) is 1. The van der Waals surface area contributed by atoms with Gasteiger partial charge in [-0.2, -0.15) is 0 Å². The number of nitrogens with zero attached hydrogens (tertiary/aromatic N) is 3. The van der Waals surface area contributed by atoms with Crippen LogP contribution in [-0.2, 0) is 6.54 Å². The molecule has 1 unspecified atom stereocenters. The van der Waals surface area contributed by atoms with Crippen LogP contribution >= 0.6 is 0 Å². The summed E-state index contributed by atoms with van der Waals surface area (Å²) in [6.45, 7) is 2.36. The van der Waals surface area contributed by atoms with Gasteiger partial charge in [0.1, 0.15) is 11.6 Å². The molecule has 0 spiro atoms. The fourth-order valence-corrected chi connectivity index (χ4v) is 1.84. The molecule has 0 saturated carbocycles. The third-order valence-corrected chi connectivity index (χ3v) is 2.90. The standard InChI is InChI=1S/C13H15F2N5O/c1-8(10-6-9(14)2-3-11(10)15)17-13(21)12-7-20(5-4-16)19-18-12/h2-3,6-8H,4-5,16H2,1H3,(H,17,21). The predicted octanol–water partition coefficient (Wildman–Crippen LogP) is 1.01. The van der Waals surface area contributed by atoms with E-state index in [1.807, 2.05) is 0 Å². The molecule has 0 fully saturated rings. The Bertz CT molecular complexity index is 643. The third kappa shape index (κ3) is 3.60. The van der Waals surface area contributed by atoms with Gasteiger partial charge in [0.15, 0.2) is 5.69 Å². The summed E-state index contributed by atoms with van der Waals surface area (Å²) < 4.78 is 28.2. The first kappa shape index (κ1) is 15.0. The molecular weight excluding hydrogens is 280 g/mol. The van der Waals surface area contributed by atoms with Crippen molar-refractivity contribution in [1.29, 1.82) is 0 Å². The molecule has 8 heteroatoms. The minimum absolute atomic E-state index is 0.0673. The van der Waals surface area contributed by atoms with Crippen LogP contribution in [0.1, 0.15) is 29.0 Å². The van der Waals surface area contributed by atoms with Crippen molar-refractivity contribution in [1.82, 2.24) is 20.3 Å². The zero-order chi connectivity index (χ0) is 15.4. The molecule has 1 heterocycles. The second kappa shape index (κ2) is 6.40. The topological polar surface area (TPSA) is 85.8 Å². The summed E-state index contributed by atoms with van der Waals surface area (Å²) >= 11 is 0. The molecule has 0 radical (unpaired) electrons. The van der Waals surface area contributed by atoms with Crippen molar-refractivity contribution >= 4 is 5.91 Å². The number of nitrogens with one attached hydrogen (secondary N) is 1. The summed E-state index contributed by atoms with van der Waals surface area (Å²) in [5.74, 6) is -1.67. The van der Waals surface area contributed by atoms with Crippen molar-refractivity contribution < 1.29 is 13.6 Å². The average Bonchev–Trinajstić information content (AvgIpc) is 2.90. The monoisotopic (exact) mass is 295 g/mol. The van der Waals surface area contributed by atoms with Gasteiger partial charge in [-0.3, -0.25) is 9.48 Å². The highest BCUT2D eigenvalue weighted by Gasteiger charge is 2.17. The first-order chi connectivity index (χ1) is 10.0. The van der Waals surface area contributed by atoms with E-state index >= 15 is 0 Å². The molecule has 2 rings (SSSR count). The molecular formula is C13H15F2N5O.